The van der Waals surface area contributed by atoms with Gasteiger partial charge in [-0.3, -0.25) is 4.68 Å². The minimum Gasteiger partial charge on any atom is -0.406 e. The average molecular weight is 285 g/mol. The second kappa shape index (κ2) is 5.85. The number of hydrogen-bond donors (Lipinski definition) is 1. The Hall–Kier alpha value is -2.18. The van der Waals surface area contributed by atoms with E-state index in [1.54, 1.807) is 12.3 Å². The molecule has 2 rings (SSSR count). The predicted molar refractivity (Wildman–Crippen MR) is 68.4 cm³/mol. The van der Waals surface area contributed by atoms with Crippen LogP contribution in [-0.2, 0) is 13.1 Å². The number of aryl methyl sites for hydroxylation is 1. The molecule has 0 atom stereocenters. The van der Waals surface area contributed by atoms with Crippen LogP contribution in [0.1, 0.15) is 12.6 Å². The lowest BCUT2D eigenvalue weighted by atomic mass is 10.3. The van der Waals surface area contributed by atoms with Gasteiger partial charge in [-0.25, -0.2) is 0 Å². The second-order valence-electron chi connectivity index (χ2n) is 4.07. The zero-order valence-corrected chi connectivity index (χ0v) is 10.8. The predicted octanol–water partition coefficient (Wildman–Crippen LogP) is 3.41. The molecule has 0 unspecified atom stereocenters. The van der Waals surface area contributed by atoms with Crippen LogP contribution in [0.3, 0.4) is 0 Å². The van der Waals surface area contributed by atoms with E-state index in [0.29, 0.717) is 12.2 Å². The van der Waals surface area contributed by atoms with Crippen LogP contribution in [0.25, 0.3) is 0 Å². The van der Waals surface area contributed by atoms with E-state index in [9.17, 15) is 13.2 Å². The van der Waals surface area contributed by atoms with Crippen LogP contribution in [0.2, 0.25) is 0 Å². The molecule has 0 saturated carbocycles. The molecule has 0 fully saturated rings. The summed E-state index contributed by atoms with van der Waals surface area (Å²) in [5.41, 5.74) is 1.50. The van der Waals surface area contributed by atoms with E-state index < -0.39 is 6.36 Å². The summed E-state index contributed by atoms with van der Waals surface area (Å²) < 4.78 is 42.1. The van der Waals surface area contributed by atoms with Gasteiger partial charge in [-0.1, -0.05) is 6.07 Å². The highest BCUT2D eigenvalue weighted by Crippen LogP contribution is 2.25. The van der Waals surface area contributed by atoms with Crippen LogP contribution in [0, 0.1) is 0 Å². The van der Waals surface area contributed by atoms with Crippen molar-refractivity contribution in [2.45, 2.75) is 26.4 Å². The lowest BCUT2D eigenvalue weighted by molar-refractivity contribution is -0.274. The van der Waals surface area contributed by atoms with Gasteiger partial charge in [0.15, 0.2) is 0 Å². The number of benzene rings is 1. The van der Waals surface area contributed by atoms with Gasteiger partial charge in [0, 0.05) is 24.5 Å². The van der Waals surface area contributed by atoms with Crippen molar-refractivity contribution in [2.75, 3.05) is 5.32 Å². The van der Waals surface area contributed by atoms with Gasteiger partial charge in [-0.15, -0.1) is 13.2 Å². The van der Waals surface area contributed by atoms with Gasteiger partial charge in [-0.05, 0) is 25.1 Å². The van der Waals surface area contributed by atoms with Crippen LogP contribution in [0.5, 0.6) is 5.75 Å². The smallest absolute Gasteiger partial charge is 0.406 e. The van der Waals surface area contributed by atoms with Crippen molar-refractivity contribution < 1.29 is 17.9 Å². The fraction of sp³-hybridized carbons (Fsp3) is 0.308. The van der Waals surface area contributed by atoms with E-state index in [4.69, 9.17) is 0 Å². The number of aromatic nitrogens is 2. The Kier molecular flexibility index (Phi) is 4.16. The van der Waals surface area contributed by atoms with Gasteiger partial charge < -0.3 is 10.1 Å². The highest BCUT2D eigenvalue weighted by atomic mass is 19.4. The van der Waals surface area contributed by atoms with Gasteiger partial charge in [0.05, 0.1) is 12.2 Å². The summed E-state index contributed by atoms with van der Waals surface area (Å²) in [7, 11) is 0. The largest absolute Gasteiger partial charge is 0.573 e. The average Bonchev–Trinajstić information content (AvgIpc) is 2.82. The molecular formula is C13H14F3N3O. The van der Waals surface area contributed by atoms with Gasteiger partial charge in [0.1, 0.15) is 5.75 Å². The Labute approximate surface area is 114 Å². The Morgan fingerprint density at radius 2 is 2.10 bits per heavy atom. The lowest BCUT2D eigenvalue weighted by Crippen LogP contribution is -2.17. The third kappa shape index (κ3) is 3.91. The maximum atomic E-state index is 12.1. The first-order valence-corrected chi connectivity index (χ1v) is 6.08. The van der Waals surface area contributed by atoms with E-state index in [0.717, 1.165) is 12.2 Å². The molecule has 20 heavy (non-hydrogen) atoms. The van der Waals surface area contributed by atoms with Crippen molar-refractivity contribution in [3.8, 4) is 5.75 Å². The highest BCUT2D eigenvalue weighted by Gasteiger charge is 2.31. The molecule has 7 heteroatoms. The number of rotatable bonds is 5. The molecule has 0 amide bonds. The molecule has 108 valence electrons. The Morgan fingerprint density at radius 3 is 2.80 bits per heavy atom. The van der Waals surface area contributed by atoms with Crippen molar-refractivity contribution in [3.63, 3.8) is 0 Å². The number of anilines is 1. The van der Waals surface area contributed by atoms with E-state index in [1.807, 2.05) is 17.7 Å². The van der Waals surface area contributed by atoms with Crippen LogP contribution in [0.15, 0.2) is 36.5 Å². The van der Waals surface area contributed by atoms with Crippen LogP contribution in [-0.4, -0.2) is 16.1 Å². The molecule has 1 N–H and O–H groups in total. The quantitative estimate of drug-likeness (QED) is 0.915. The number of hydrogen-bond acceptors (Lipinski definition) is 3. The van der Waals surface area contributed by atoms with E-state index >= 15 is 0 Å². The molecule has 0 spiro atoms. The fourth-order valence-corrected chi connectivity index (χ4v) is 1.79. The molecule has 1 aromatic heterocycles. The SMILES string of the molecule is CCn1nccc1CNc1cccc(OC(F)(F)F)c1. The zero-order chi connectivity index (χ0) is 14.6. The third-order valence-corrected chi connectivity index (χ3v) is 2.65. The molecular weight excluding hydrogens is 271 g/mol. The van der Waals surface area contributed by atoms with Crippen molar-refractivity contribution in [2.24, 2.45) is 0 Å². The topological polar surface area (TPSA) is 39.1 Å². The number of nitrogens with one attached hydrogen (secondary N) is 1. The summed E-state index contributed by atoms with van der Waals surface area (Å²) in [4.78, 5) is 0. The van der Waals surface area contributed by atoms with Gasteiger partial charge in [-0.2, -0.15) is 5.10 Å². The maximum Gasteiger partial charge on any atom is 0.573 e. The van der Waals surface area contributed by atoms with Crippen molar-refractivity contribution in [3.05, 3.63) is 42.2 Å². The standard InChI is InChI=1S/C13H14F3N3O/c1-2-19-11(6-7-18-19)9-17-10-4-3-5-12(8-10)20-13(14,15)16/h3-8,17H,2,9H2,1H3. The van der Waals surface area contributed by atoms with Crippen LogP contribution < -0.4 is 10.1 Å². The maximum absolute atomic E-state index is 12.1. The Balaban J connectivity index is 2.01. The minimum absolute atomic E-state index is 0.244. The van der Waals surface area contributed by atoms with E-state index in [1.165, 1.54) is 18.2 Å². The van der Waals surface area contributed by atoms with Crippen molar-refractivity contribution in [1.82, 2.24) is 9.78 Å². The summed E-state index contributed by atoms with van der Waals surface area (Å²) in [5, 5.41) is 7.16. The summed E-state index contributed by atoms with van der Waals surface area (Å²) in [5.74, 6) is -0.244. The molecule has 0 aliphatic carbocycles. The molecule has 0 aliphatic rings. The van der Waals surface area contributed by atoms with E-state index in [-0.39, 0.29) is 5.75 Å². The lowest BCUT2D eigenvalue weighted by Gasteiger charge is -2.11. The third-order valence-electron chi connectivity index (χ3n) is 2.65. The number of nitrogens with zero attached hydrogens (tertiary/aromatic N) is 2. The molecule has 4 nitrogen and oxygen atoms in total. The van der Waals surface area contributed by atoms with Gasteiger partial charge >= 0.3 is 6.36 Å². The first-order valence-electron chi connectivity index (χ1n) is 6.08. The molecule has 1 aromatic carbocycles. The Bertz CT molecular complexity index is 566. The fourth-order valence-electron chi connectivity index (χ4n) is 1.79. The van der Waals surface area contributed by atoms with Crippen LogP contribution >= 0.6 is 0 Å². The zero-order valence-electron chi connectivity index (χ0n) is 10.8. The number of alkyl halides is 3. The summed E-state index contributed by atoms with van der Waals surface area (Å²) in [6.07, 6.45) is -3.00. The second-order valence-corrected chi connectivity index (χ2v) is 4.07. The highest BCUT2D eigenvalue weighted by molar-refractivity contribution is 5.48. The van der Waals surface area contributed by atoms with Crippen molar-refractivity contribution in [1.29, 1.82) is 0 Å². The van der Waals surface area contributed by atoms with E-state index in [2.05, 4.69) is 15.2 Å². The first-order chi connectivity index (χ1) is 9.48. The monoisotopic (exact) mass is 285 g/mol. The normalized spacial score (nSPS) is 11.4. The van der Waals surface area contributed by atoms with Gasteiger partial charge in [0.2, 0.25) is 0 Å². The molecule has 2 aromatic rings. The number of halogens is 3. The summed E-state index contributed by atoms with van der Waals surface area (Å²) in [6.45, 7) is 3.18. The molecule has 1 heterocycles. The van der Waals surface area contributed by atoms with Gasteiger partial charge in [0.25, 0.3) is 0 Å². The number of ether oxygens (including phenoxy) is 1. The van der Waals surface area contributed by atoms with Crippen LogP contribution in [0.4, 0.5) is 18.9 Å². The molecule has 0 bridgehead atoms. The molecule has 0 radical (unpaired) electrons. The Morgan fingerprint density at radius 1 is 1.30 bits per heavy atom. The van der Waals surface area contributed by atoms with Crippen molar-refractivity contribution >= 4 is 5.69 Å². The summed E-state index contributed by atoms with van der Waals surface area (Å²) in [6, 6.07) is 7.60. The molecule has 0 aliphatic heterocycles. The minimum atomic E-state index is -4.68. The molecule has 0 saturated heterocycles. The summed E-state index contributed by atoms with van der Waals surface area (Å²) >= 11 is 0. The first kappa shape index (κ1) is 14.2.